The van der Waals surface area contributed by atoms with Gasteiger partial charge in [0.1, 0.15) is 6.61 Å². The molecule has 120 valence electrons. The van der Waals surface area contributed by atoms with Crippen molar-refractivity contribution in [3.05, 3.63) is 64.7 Å². The molecule has 0 aliphatic rings. The SMILES string of the molecule is CCOC(=O)/C(=C(/[S-])S)[n+]1cccc(OCc2ccccc2)c1. The van der Waals surface area contributed by atoms with Gasteiger partial charge < -0.3 is 22.1 Å². The molecular weight excluding hydrogens is 330 g/mol. The fourth-order valence-corrected chi connectivity index (χ4v) is 2.32. The minimum atomic E-state index is -0.516. The maximum atomic E-state index is 12.0. The van der Waals surface area contributed by atoms with E-state index in [2.05, 4.69) is 12.6 Å². The Kier molecular flexibility index (Phi) is 6.43. The quantitative estimate of drug-likeness (QED) is 0.287. The number of rotatable bonds is 6. The molecule has 0 atom stereocenters. The maximum Gasteiger partial charge on any atom is 0.403 e. The molecule has 0 fully saturated rings. The second-order valence-corrected chi connectivity index (χ2v) is 5.75. The number of ether oxygens (including phenoxy) is 2. The van der Waals surface area contributed by atoms with Gasteiger partial charge in [-0.25, -0.2) is 4.79 Å². The number of aromatic nitrogens is 1. The molecule has 0 aliphatic carbocycles. The number of hydrogen-bond donors (Lipinski definition) is 1. The molecule has 4 nitrogen and oxygen atoms in total. The zero-order valence-electron chi connectivity index (χ0n) is 12.6. The molecule has 0 bridgehead atoms. The van der Waals surface area contributed by atoms with E-state index in [-0.39, 0.29) is 16.5 Å². The third-order valence-electron chi connectivity index (χ3n) is 2.95. The van der Waals surface area contributed by atoms with Crippen molar-refractivity contribution in [3.63, 3.8) is 0 Å². The Labute approximate surface area is 146 Å². The van der Waals surface area contributed by atoms with Crippen molar-refractivity contribution < 1.29 is 18.8 Å². The molecule has 0 unspecified atom stereocenters. The molecule has 0 amide bonds. The van der Waals surface area contributed by atoms with Crippen LogP contribution in [-0.4, -0.2) is 12.6 Å². The molecule has 2 rings (SSSR count). The number of hydrogen-bond acceptors (Lipinski definition) is 5. The van der Waals surface area contributed by atoms with Crippen LogP contribution < -0.4 is 9.30 Å². The van der Waals surface area contributed by atoms with Crippen molar-refractivity contribution in [2.24, 2.45) is 0 Å². The lowest BCUT2D eigenvalue weighted by atomic mass is 10.2. The molecule has 6 heteroatoms. The number of nitrogens with zero attached hydrogens (tertiary/aromatic N) is 1. The van der Waals surface area contributed by atoms with Crippen molar-refractivity contribution in [1.82, 2.24) is 0 Å². The number of esters is 1. The summed E-state index contributed by atoms with van der Waals surface area (Å²) in [5, 5.41) is 0. The molecule has 2 aromatic rings. The molecule has 0 saturated heterocycles. The van der Waals surface area contributed by atoms with Crippen LogP contribution in [0, 0.1) is 0 Å². The van der Waals surface area contributed by atoms with Crippen molar-refractivity contribution in [1.29, 1.82) is 0 Å². The maximum absolute atomic E-state index is 12.0. The van der Waals surface area contributed by atoms with Crippen molar-refractivity contribution in [3.8, 4) is 5.75 Å². The lowest BCUT2D eigenvalue weighted by Gasteiger charge is -2.10. The van der Waals surface area contributed by atoms with E-state index in [0.717, 1.165) is 5.56 Å². The summed E-state index contributed by atoms with van der Waals surface area (Å²) in [6.45, 7) is 2.44. The van der Waals surface area contributed by atoms with Crippen LogP contribution in [0.4, 0.5) is 0 Å². The Balaban J connectivity index is 2.18. The number of thiol groups is 1. The zero-order valence-corrected chi connectivity index (χ0v) is 14.3. The van der Waals surface area contributed by atoms with Gasteiger partial charge in [0, 0.05) is 6.07 Å². The van der Waals surface area contributed by atoms with E-state index in [1.54, 1.807) is 30.0 Å². The highest BCUT2D eigenvalue weighted by Crippen LogP contribution is 2.13. The van der Waals surface area contributed by atoms with Gasteiger partial charge in [0.25, 0.3) is 5.70 Å². The lowest BCUT2D eigenvalue weighted by Crippen LogP contribution is -2.37. The van der Waals surface area contributed by atoms with Gasteiger partial charge in [0.05, 0.1) is 6.61 Å². The van der Waals surface area contributed by atoms with E-state index >= 15 is 0 Å². The van der Waals surface area contributed by atoms with Crippen LogP contribution in [0.1, 0.15) is 12.5 Å². The first-order valence-electron chi connectivity index (χ1n) is 7.07. The van der Waals surface area contributed by atoms with Crippen LogP contribution in [0.15, 0.2) is 59.1 Å². The molecule has 1 aromatic heterocycles. The van der Waals surface area contributed by atoms with E-state index in [4.69, 9.17) is 22.1 Å². The van der Waals surface area contributed by atoms with Crippen LogP contribution in [-0.2, 0) is 28.8 Å². The summed E-state index contributed by atoms with van der Waals surface area (Å²) in [7, 11) is 0. The minimum absolute atomic E-state index is 0.161. The minimum Gasteiger partial charge on any atom is -0.767 e. The zero-order chi connectivity index (χ0) is 16.7. The molecule has 0 aliphatic heterocycles. The summed E-state index contributed by atoms with van der Waals surface area (Å²) in [5.41, 5.74) is 1.25. The average molecular weight is 347 g/mol. The first-order valence-corrected chi connectivity index (χ1v) is 7.93. The standard InChI is InChI=1S/C17H17NO3S2/c1-2-20-16(19)15(17(22)23)18-10-6-9-14(11-18)21-12-13-7-4-3-5-8-13/h3-11H,2,12H2,1H3,(H-,19,22,23). The summed E-state index contributed by atoms with van der Waals surface area (Å²) >= 11 is 9.15. The van der Waals surface area contributed by atoms with Gasteiger partial charge in [-0.1, -0.05) is 34.6 Å². The van der Waals surface area contributed by atoms with Crippen LogP contribution in [0.5, 0.6) is 5.75 Å². The summed E-state index contributed by atoms with van der Waals surface area (Å²) in [6, 6.07) is 13.4. The van der Waals surface area contributed by atoms with Gasteiger partial charge in [-0.05, 0) is 18.6 Å². The van der Waals surface area contributed by atoms with Crippen molar-refractivity contribution >= 4 is 36.9 Å². The highest BCUT2D eigenvalue weighted by Gasteiger charge is 2.21. The summed E-state index contributed by atoms with van der Waals surface area (Å²) in [5.74, 6) is 0.0976. The molecule has 1 aromatic carbocycles. The predicted octanol–water partition coefficient (Wildman–Crippen LogP) is 2.72. The third kappa shape index (κ3) is 4.97. The molecule has 1 heterocycles. The van der Waals surface area contributed by atoms with Gasteiger partial charge in [0.2, 0.25) is 6.20 Å². The Morgan fingerprint density at radius 1 is 1.22 bits per heavy atom. The molecule has 23 heavy (non-hydrogen) atoms. The normalized spacial score (nSPS) is 11.6. The van der Waals surface area contributed by atoms with E-state index in [0.29, 0.717) is 12.4 Å². The fourth-order valence-electron chi connectivity index (χ4n) is 1.92. The molecule has 0 N–H and O–H groups in total. The Hall–Kier alpha value is -2.05. The fraction of sp³-hybridized carbons (Fsp3) is 0.176. The Morgan fingerprint density at radius 3 is 2.61 bits per heavy atom. The predicted molar refractivity (Wildman–Crippen MR) is 93.6 cm³/mol. The average Bonchev–Trinajstić information content (AvgIpc) is 2.54. The first-order chi connectivity index (χ1) is 11.1. The molecule has 0 saturated carbocycles. The van der Waals surface area contributed by atoms with Crippen molar-refractivity contribution in [2.45, 2.75) is 13.5 Å². The van der Waals surface area contributed by atoms with Crippen LogP contribution >= 0.6 is 12.6 Å². The summed E-state index contributed by atoms with van der Waals surface area (Å²) < 4.78 is 12.5. The Morgan fingerprint density at radius 2 is 1.96 bits per heavy atom. The molecule has 0 spiro atoms. The molecular formula is C17H17NO3S2. The van der Waals surface area contributed by atoms with E-state index in [9.17, 15) is 4.79 Å². The third-order valence-corrected chi connectivity index (χ3v) is 3.36. The lowest BCUT2D eigenvalue weighted by molar-refractivity contribution is -0.579. The van der Waals surface area contributed by atoms with Crippen LogP contribution in [0.2, 0.25) is 0 Å². The van der Waals surface area contributed by atoms with E-state index in [1.807, 2.05) is 36.4 Å². The van der Waals surface area contributed by atoms with Gasteiger partial charge in [-0.2, -0.15) is 17.2 Å². The number of pyridine rings is 1. The second kappa shape index (κ2) is 8.55. The summed E-state index contributed by atoms with van der Waals surface area (Å²) in [4.78, 5) is 12.0. The highest BCUT2D eigenvalue weighted by atomic mass is 32.2. The summed E-state index contributed by atoms with van der Waals surface area (Å²) in [6.07, 6.45) is 3.38. The monoisotopic (exact) mass is 347 g/mol. The number of carbonyl (C=O) groups is 1. The largest absolute Gasteiger partial charge is 0.767 e. The first kappa shape index (κ1) is 17.3. The van der Waals surface area contributed by atoms with E-state index < -0.39 is 5.97 Å². The number of benzene rings is 1. The van der Waals surface area contributed by atoms with Crippen LogP contribution in [0.3, 0.4) is 0 Å². The van der Waals surface area contributed by atoms with Gasteiger partial charge >= 0.3 is 5.97 Å². The van der Waals surface area contributed by atoms with Gasteiger partial charge in [-0.15, -0.1) is 0 Å². The van der Waals surface area contributed by atoms with Crippen LogP contribution in [0.25, 0.3) is 5.70 Å². The molecule has 0 radical (unpaired) electrons. The smallest absolute Gasteiger partial charge is 0.403 e. The Bertz CT molecular complexity index is 698. The highest BCUT2D eigenvalue weighted by molar-refractivity contribution is 7.97. The van der Waals surface area contributed by atoms with Gasteiger partial charge in [-0.3, -0.25) is 0 Å². The second-order valence-electron chi connectivity index (χ2n) is 4.60. The topological polar surface area (TPSA) is 39.4 Å². The number of carbonyl (C=O) groups excluding carboxylic acids is 1. The van der Waals surface area contributed by atoms with E-state index in [1.165, 1.54) is 0 Å². The van der Waals surface area contributed by atoms with Crippen molar-refractivity contribution in [2.75, 3.05) is 6.61 Å². The van der Waals surface area contributed by atoms with Gasteiger partial charge in [0.15, 0.2) is 11.9 Å².